The first-order valence-electron chi connectivity index (χ1n) is 9.74. The molecule has 4 rings (SSSR count). The van der Waals surface area contributed by atoms with E-state index < -0.39 is 27.9 Å². The molecule has 0 unspecified atom stereocenters. The maximum atomic E-state index is 12.9. The van der Waals surface area contributed by atoms with Crippen molar-refractivity contribution in [3.05, 3.63) is 52.2 Å². The number of sulfonamides is 1. The lowest BCUT2D eigenvalue weighted by Gasteiger charge is -2.35. The van der Waals surface area contributed by atoms with Crippen molar-refractivity contribution in [1.82, 2.24) is 19.0 Å². The number of amides is 4. The number of piperazine rings is 1. The maximum Gasteiger partial charge on any atom is 0.335 e. The topological polar surface area (TPSA) is 122 Å². The number of nitriles is 1. The fourth-order valence-electron chi connectivity index (χ4n) is 3.61. The molecule has 32 heavy (non-hydrogen) atoms. The molecule has 4 amide bonds. The lowest BCUT2D eigenvalue weighted by molar-refractivity contribution is -0.144. The Morgan fingerprint density at radius 1 is 0.938 bits per heavy atom. The van der Waals surface area contributed by atoms with Gasteiger partial charge in [-0.25, -0.2) is 18.1 Å². The van der Waals surface area contributed by atoms with E-state index in [0.29, 0.717) is 0 Å². The SMILES string of the molecule is N#Cc1ccccc1S(=O)(=O)N1CCN(CN2C(=O)C(=O)N(Cc3cccs3)C2=O)CC1. The highest BCUT2D eigenvalue weighted by Gasteiger charge is 2.45. The Morgan fingerprint density at radius 3 is 2.28 bits per heavy atom. The van der Waals surface area contributed by atoms with Crippen LogP contribution in [0.4, 0.5) is 4.79 Å². The smallest absolute Gasteiger partial charge is 0.283 e. The van der Waals surface area contributed by atoms with Crippen molar-refractivity contribution in [2.75, 3.05) is 32.8 Å². The highest BCUT2D eigenvalue weighted by molar-refractivity contribution is 7.89. The molecule has 0 aliphatic carbocycles. The van der Waals surface area contributed by atoms with Crippen LogP contribution >= 0.6 is 11.3 Å². The lowest BCUT2D eigenvalue weighted by atomic mass is 10.2. The van der Waals surface area contributed by atoms with Crippen molar-refractivity contribution in [3.8, 4) is 6.07 Å². The molecule has 0 bridgehead atoms. The summed E-state index contributed by atoms with van der Waals surface area (Å²) in [5.41, 5.74) is 0.0764. The van der Waals surface area contributed by atoms with E-state index in [1.165, 1.54) is 27.8 Å². The van der Waals surface area contributed by atoms with E-state index >= 15 is 0 Å². The van der Waals surface area contributed by atoms with Crippen LogP contribution in [-0.4, -0.2) is 78.1 Å². The normalized spacial score (nSPS) is 18.4. The third-order valence-electron chi connectivity index (χ3n) is 5.33. The van der Waals surface area contributed by atoms with E-state index in [0.717, 1.165) is 14.7 Å². The van der Waals surface area contributed by atoms with Gasteiger partial charge in [0.2, 0.25) is 10.0 Å². The van der Waals surface area contributed by atoms with Gasteiger partial charge in [-0.3, -0.25) is 19.4 Å². The molecular formula is C20H19N5O5S2. The molecule has 2 fully saturated rings. The minimum atomic E-state index is -3.85. The molecule has 166 valence electrons. The van der Waals surface area contributed by atoms with Crippen molar-refractivity contribution in [1.29, 1.82) is 5.26 Å². The molecule has 3 heterocycles. The Hall–Kier alpha value is -3.11. The third kappa shape index (κ3) is 4.03. The van der Waals surface area contributed by atoms with Crippen molar-refractivity contribution in [3.63, 3.8) is 0 Å². The van der Waals surface area contributed by atoms with Crippen LogP contribution in [-0.2, 0) is 26.2 Å². The summed E-state index contributed by atoms with van der Waals surface area (Å²) in [5, 5.41) is 11.0. The van der Waals surface area contributed by atoms with Gasteiger partial charge in [0.1, 0.15) is 6.07 Å². The summed E-state index contributed by atoms with van der Waals surface area (Å²) in [7, 11) is -3.85. The van der Waals surface area contributed by atoms with Gasteiger partial charge in [-0.15, -0.1) is 11.3 Å². The van der Waals surface area contributed by atoms with Gasteiger partial charge in [-0.2, -0.15) is 9.57 Å². The molecule has 0 N–H and O–H groups in total. The number of nitrogens with zero attached hydrogens (tertiary/aromatic N) is 5. The number of rotatable bonds is 6. The zero-order valence-electron chi connectivity index (χ0n) is 16.9. The van der Waals surface area contributed by atoms with Crippen LogP contribution in [0.3, 0.4) is 0 Å². The molecular weight excluding hydrogens is 454 g/mol. The van der Waals surface area contributed by atoms with Crippen LogP contribution in [0.2, 0.25) is 0 Å². The van der Waals surface area contributed by atoms with Crippen molar-refractivity contribution < 1.29 is 22.8 Å². The standard InChI is InChI=1S/C20H19N5O5S2/c21-12-15-4-1-2-6-17(15)32(29,30)23-9-7-22(8-10-23)14-25-19(27)18(26)24(20(25)28)13-16-5-3-11-31-16/h1-6,11H,7-10,13-14H2. The molecule has 0 saturated carbocycles. The van der Waals surface area contributed by atoms with E-state index in [2.05, 4.69) is 0 Å². The molecule has 1 aromatic carbocycles. The molecule has 0 radical (unpaired) electrons. The van der Waals surface area contributed by atoms with Crippen LogP contribution < -0.4 is 0 Å². The van der Waals surface area contributed by atoms with Gasteiger partial charge in [-0.05, 0) is 23.6 Å². The Kier molecular flexibility index (Phi) is 6.07. The predicted octanol–water partition coefficient (Wildman–Crippen LogP) is 0.875. The number of thiophene rings is 1. The Balaban J connectivity index is 1.40. The Bertz CT molecular complexity index is 1200. The van der Waals surface area contributed by atoms with Crippen molar-refractivity contribution in [2.45, 2.75) is 11.4 Å². The number of hydrogen-bond donors (Lipinski definition) is 0. The highest BCUT2D eigenvalue weighted by Crippen LogP contribution is 2.22. The number of carbonyl (C=O) groups excluding carboxylic acids is 3. The monoisotopic (exact) mass is 473 g/mol. The minimum absolute atomic E-state index is 0.0435. The van der Waals surface area contributed by atoms with E-state index in [1.54, 1.807) is 29.2 Å². The molecule has 1 aromatic heterocycles. The third-order valence-corrected chi connectivity index (χ3v) is 8.15. The summed E-state index contributed by atoms with van der Waals surface area (Å²) >= 11 is 1.39. The fraction of sp³-hybridized carbons (Fsp3) is 0.300. The number of benzene rings is 1. The zero-order chi connectivity index (χ0) is 22.9. The fourth-order valence-corrected chi connectivity index (χ4v) is 5.86. The summed E-state index contributed by atoms with van der Waals surface area (Å²) < 4.78 is 27.2. The minimum Gasteiger partial charge on any atom is -0.283 e. The summed E-state index contributed by atoms with van der Waals surface area (Å²) in [6, 6.07) is 10.8. The van der Waals surface area contributed by atoms with Gasteiger partial charge in [-0.1, -0.05) is 18.2 Å². The van der Waals surface area contributed by atoms with Crippen LogP contribution in [0.15, 0.2) is 46.7 Å². The van der Waals surface area contributed by atoms with Gasteiger partial charge < -0.3 is 0 Å². The quantitative estimate of drug-likeness (QED) is 0.451. The summed E-state index contributed by atoms with van der Waals surface area (Å²) in [5.74, 6) is -1.75. The van der Waals surface area contributed by atoms with Crippen LogP contribution in [0.5, 0.6) is 0 Å². The Labute approximate surface area is 188 Å². The molecule has 0 spiro atoms. The number of imide groups is 2. The summed E-state index contributed by atoms with van der Waals surface area (Å²) in [4.78, 5) is 41.6. The van der Waals surface area contributed by atoms with E-state index in [9.17, 15) is 28.1 Å². The molecule has 2 saturated heterocycles. The summed E-state index contributed by atoms with van der Waals surface area (Å²) in [6.45, 7) is 0.750. The lowest BCUT2D eigenvalue weighted by Crippen LogP contribution is -2.52. The zero-order valence-corrected chi connectivity index (χ0v) is 18.5. The van der Waals surface area contributed by atoms with Crippen LogP contribution in [0.25, 0.3) is 0 Å². The number of urea groups is 1. The average Bonchev–Trinajstić information content (AvgIpc) is 3.39. The molecule has 2 aliphatic rings. The van der Waals surface area contributed by atoms with Crippen molar-refractivity contribution >= 4 is 39.2 Å². The molecule has 12 heteroatoms. The number of carbonyl (C=O) groups is 3. The van der Waals surface area contributed by atoms with Gasteiger partial charge >= 0.3 is 17.8 Å². The molecule has 2 aliphatic heterocycles. The van der Waals surface area contributed by atoms with E-state index in [-0.39, 0.29) is 49.9 Å². The van der Waals surface area contributed by atoms with E-state index in [1.807, 2.05) is 11.4 Å². The largest absolute Gasteiger partial charge is 0.335 e. The Morgan fingerprint density at radius 2 is 1.62 bits per heavy atom. The summed E-state index contributed by atoms with van der Waals surface area (Å²) in [6.07, 6.45) is 0. The molecule has 0 atom stereocenters. The highest BCUT2D eigenvalue weighted by atomic mass is 32.2. The number of hydrogen-bond acceptors (Lipinski definition) is 8. The maximum absolute atomic E-state index is 12.9. The van der Waals surface area contributed by atoms with Gasteiger partial charge in [0.05, 0.1) is 23.7 Å². The first kappa shape index (κ1) is 22.1. The molecule has 2 aromatic rings. The van der Waals surface area contributed by atoms with Crippen LogP contribution in [0.1, 0.15) is 10.4 Å². The van der Waals surface area contributed by atoms with Gasteiger partial charge in [0.25, 0.3) is 0 Å². The second-order valence-corrected chi connectivity index (χ2v) is 10.2. The first-order valence-corrected chi connectivity index (χ1v) is 12.1. The average molecular weight is 474 g/mol. The van der Waals surface area contributed by atoms with E-state index in [4.69, 9.17) is 0 Å². The second-order valence-electron chi connectivity index (χ2n) is 7.26. The second kappa shape index (κ2) is 8.79. The predicted molar refractivity (Wildman–Crippen MR) is 113 cm³/mol. The van der Waals surface area contributed by atoms with Crippen molar-refractivity contribution in [2.24, 2.45) is 0 Å². The molecule has 10 nitrogen and oxygen atoms in total. The van der Waals surface area contributed by atoms with Gasteiger partial charge in [0.15, 0.2) is 0 Å². The first-order chi connectivity index (χ1) is 15.3. The van der Waals surface area contributed by atoms with Crippen LogP contribution in [0, 0.1) is 11.3 Å². The van der Waals surface area contributed by atoms with Gasteiger partial charge in [0, 0.05) is 31.1 Å².